The molecule has 0 aromatic carbocycles. The van der Waals surface area contributed by atoms with E-state index in [2.05, 4.69) is 29.0 Å². The Hall–Kier alpha value is 0.730. The van der Waals surface area contributed by atoms with Crippen LogP contribution in [0, 0.1) is 6.42 Å². The maximum Gasteiger partial charge on any atom is 0.0110 e. The van der Waals surface area contributed by atoms with Gasteiger partial charge in [-0.25, -0.2) is 0 Å². The minimum atomic E-state index is 0.958. The lowest BCUT2D eigenvalue weighted by molar-refractivity contribution is 0.587. The van der Waals surface area contributed by atoms with Crippen LogP contribution in [0.15, 0.2) is 0 Å². The predicted molar refractivity (Wildman–Crippen MR) is 49.8 cm³/mol. The first-order valence-corrected chi connectivity index (χ1v) is 5.10. The van der Waals surface area contributed by atoms with Crippen molar-refractivity contribution >= 4 is 22.6 Å². The molecule has 1 heteroatoms. The Bertz CT molecular complexity index is 63.0. The summed E-state index contributed by atoms with van der Waals surface area (Å²) in [5, 5.41) is 0. The molecule has 1 fully saturated rings. The van der Waals surface area contributed by atoms with Gasteiger partial charge in [-0.3, -0.25) is 0 Å². The highest BCUT2D eigenvalue weighted by molar-refractivity contribution is 14.1. The van der Waals surface area contributed by atoms with Crippen LogP contribution < -0.4 is 0 Å². The van der Waals surface area contributed by atoms with Gasteiger partial charge in [0.15, 0.2) is 0 Å². The molecular weight excluding hydrogens is 223 g/mol. The number of alkyl halides is 1. The number of hydrogen-bond acceptors (Lipinski definition) is 0. The second-order valence-electron chi connectivity index (χ2n) is 2.75. The lowest BCUT2D eigenvalue weighted by Crippen LogP contribution is -2.00. The zero-order chi connectivity index (χ0) is 6.53. The molecule has 53 valence electrons. The molecule has 1 aliphatic carbocycles. The van der Waals surface area contributed by atoms with Crippen LogP contribution in [-0.4, -0.2) is 3.92 Å². The Labute approximate surface area is 71.5 Å². The fourth-order valence-corrected chi connectivity index (χ4v) is 2.04. The van der Waals surface area contributed by atoms with Crippen LogP contribution in [-0.2, 0) is 0 Å². The molecule has 0 N–H and O–H groups in total. The Morgan fingerprint density at radius 2 is 2.00 bits per heavy atom. The molecule has 0 heterocycles. The van der Waals surface area contributed by atoms with Gasteiger partial charge >= 0.3 is 0 Å². The normalized spacial score (nSPS) is 25.0. The van der Waals surface area contributed by atoms with Gasteiger partial charge in [0, 0.05) is 3.92 Å². The van der Waals surface area contributed by atoms with Crippen LogP contribution in [0.2, 0.25) is 0 Å². The van der Waals surface area contributed by atoms with E-state index in [4.69, 9.17) is 0 Å². The highest BCUT2D eigenvalue weighted by atomic mass is 127. The van der Waals surface area contributed by atoms with Crippen LogP contribution in [0.4, 0.5) is 0 Å². The molecule has 9 heavy (non-hydrogen) atoms. The molecule has 1 unspecified atom stereocenters. The molecule has 1 atom stereocenters. The molecule has 0 aliphatic heterocycles. The van der Waals surface area contributed by atoms with E-state index in [1.165, 1.54) is 38.5 Å². The van der Waals surface area contributed by atoms with Crippen molar-refractivity contribution in [2.75, 3.05) is 0 Å². The maximum atomic E-state index is 2.58. The monoisotopic (exact) mass is 237 g/mol. The summed E-state index contributed by atoms with van der Waals surface area (Å²) in [6.45, 7) is 0. The molecule has 0 aromatic heterocycles. The van der Waals surface area contributed by atoms with Crippen molar-refractivity contribution in [2.45, 2.75) is 42.4 Å². The third-order valence-corrected chi connectivity index (χ3v) is 3.11. The van der Waals surface area contributed by atoms with Crippen LogP contribution in [0.5, 0.6) is 0 Å². The first-order chi connectivity index (χ1) is 4.39. The van der Waals surface area contributed by atoms with Gasteiger partial charge in [-0.2, -0.15) is 0 Å². The fourth-order valence-electron chi connectivity index (χ4n) is 1.24. The molecule has 0 spiro atoms. The van der Waals surface area contributed by atoms with Gasteiger partial charge in [0.1, 0.15) is 0 Å². The third kappa shape index (κ3) is 3.43. The molecular formula is C8H14I. The quantitative estimate of drug-likeness (QED) is 0.447. The van der Waals surface area contributed by atoms with Gasteiger partial charge in [0.25, 0.3) is 0 Å². The highest BCUT2D eigenvalue weighted by Gasteiger charge is 2.05. The molecule has 1 rings (SSSR count). The van der Waals surface area contributed by atoms with E-state index in [9.17, 15) is 0 Å². The summed E-state index contributed by atoms with van der Waals surface area (Å²) in [5.74, 6) is 0. The van der Waals surface area contributed by atoms with E-state index in [1.807, 2.05) is 0 Å². The van der Waals surface area contributed by atoms with E-state index in [-0.39, 0.29) is 0 Å². The molecule has 1 aliphatic rings. The Balaban J connectivity index is 2.12. The zero-order valence-corrected chi connectivity index (χ0v) is 7.93. The molecule has 1 radical (unpaired) electrons. The van der Waals surface area contributed by atoms with Crippen LogP contribution >= 0.6 is 22.6 Å². The smallest absolute Gasteiger partial charge is 0.0110 e. The van der Waals surface area contributed by atoms with Gasteiger partial charge in [-0.1, -0.05) is 41.9 Å². The topological polar surface area (TPSA) is 0 Å². The predicted octanol–water partition coefficient (Wildman–Crippen LogP) is 3.35. The lowest BCUT2D eigenvalue weighted by atomic mass is 10.0. The summed E-state index contributed by atoms with van der Waals surface area (Å²) in [6.07, 6.45) is 10.9. The van der Waals surface area contributed by atoms with Gasteiger partial charge in [0.05, 0.1) is 0 Å². The number of hydrogen-bond donors (Lipinski definition) is 0. The van der Waals surface area contributed by atoms with E-state index < -0.39 is 0 Å². The summed E-state index contributed by atoms with van der Waals surface area (Å²) < 4.78 is 0.958. The Morgan fingerprint density at radius 3 is 2.89 bits per heavy atom. The summed E-state index contributed by atoms with van der Waals surface area (Å²) in [5.41, 5.74) is 0. The van der Waals surface area contributed by atoms with Crippen molar-refractivity contribution < 1.29 is 0 Å². The molecule has 1 saturated carbocycles. The second-order valence-corrected chi connectivity index (χ2v) is 4.51. The minimum absolute atomic E-state index is 0.958. The van der Waals surface area contributed by atoms with Gasteiger partial charge in [-0.05, 0) is 25.7 Å². The van der Waals surface area contributed by atoms with E-state index in [0.29, 0.717) is 0 Å². The minimum Gasteiger partial charge on any atom is -0.0826 e. The zero-order valence-electron chi connectivity index (χ0n) is 5.78. The summed E-state index contributed by atoms with van der Waals surface area (Å²) in [7, 11) is 0. The largest absolute Gasteiger partial charge is 0.0826 e. The summed E-state index contributed by atoms with van der Waals surface area (Å²) >= 11 is 2.58. The molecule has 0 bridgehead atoms. The number of halogens is 1. The highest BCUT2D eigenvalue weighted by Crippen LogP contribution is 2.21. The molecule has 0 aromatic rings. The Morgan fingerprint density at radius 1 is 1.11 bits per heavy atom. The molecule has 0 saturated heterocycles. The van der Waals surface area contributed by atoms with Gasteiger partial charge in [0.2, 0.25) is 0 Å². The van der Waals surface area contributed by atoms with Crippen molar-refractivity contribution in [1.29, 1.82) is 0 Å². The standard InChI is InChI=1S/C8H14I/c9-8-6-4-2-1-3-5-7-8/h2,8H,1,3-7H2. The van der Waals surface area contributed by atoms with Crippen molar-refractivity contribution in [2.24, 2.45) is 0 Å². The van der Waals surface area contributed by atoms with Crippen LogP contribution in [0.1, 0.15) is 38.5 Å². The Kier molecular flexibility index (Phi) is 3.94. The first kappa shape index (κ1) is 7.83. The first-order valence-electron chi connectivity index (χ1n) is 3.85. The van der Waals surface area contributed by atoms with E-state index >= 15 is 0 Å². The van der Waals surface area contributed by atoms with E-state index in [1.54, 1.807) is 0 Å². The average Bonchev–Trinajstić information content (AvgIpc) is 1.79. The maximum absolute atomic E-state index is 2.58. The molecule has 0 amide bonds. The van der Waals surface area contributed by atoms with Crippen LogP contribution in [0.25, 0.3) is 0 Å². The summed E-state index contributed by atoms with van der Waals surface area (Å²) in [6, 6.07) is 0. The van der Waals surface area contributed by atoms with Gasteiger partial charge in [-0.15, -0.1) is 0 Å². The number of rotatable bonds is 0. The fraction of sp³-hybridized carbons (Fsp3) is 0.875. The van der Waals surface area contributed by atoms with Crippen molar-refractivity contribution in [3.63, 3.8) is 0 Å². The third-order valence-electron chi connectivity index (χ3n) is 1.86. The van der Waals surface area contributed by atoms with Crippen molar-refractivity contribution in [3.8, 4) is 0 Å². The van der Waals surface area contributed by atoms with Crippen molar-refractivity contribution in [1.82, 2.24) is 0 Å². The van der Waals surface area contributed by atoms with Crippen LogP contribution in [0.3, 0.4) is 0 Å². The van der Waals surface area contributed by atoms with E-state index in [0.717, 1.165) is 3.92 Å². The lowest BCUT2D eigenvalue weighted by Gasteiger charge is -2.12. The van der Waals surface area contributed by atoms with Crippen molar-refractivity contribution in [3.05, 3.63) is 6.42 Å². The second kappa shape index (κ2) is 4.53. The SMILES string of the molecule is IC1CC[CH]CCCC1. The average molecular weight is 237 g/mol. The summed E-state index contributed by atoms with van der Waals surface area (Å²) in [4.78, 5) is 0. The van der Waals surface area contributed by atoms with Gasteiger partial charge < -0.3 is 0 Å². The molecule has 0 nitrogen and oxygen atoms in total.